The van der Waals surface area contributed by atoms with Crippen molar-refractivity contribution in [2.75, 3.05) is 27.2 Å². The fraction of sp³-hybridized carbons (Fsp3) is 0.909. The highest BCUT2D eigenvalue weighted by Gasteiger charge is 2.42. The van der Waals surface area contributed by atoms with Gasteiger partial charge in [-0.05, 0) is 13.8 Å². The highest BCUT2D eigenvalue weighted by atomic mass is 19.1. The lowest BCUT2D eigenvalue weighted by molar-refractivity contribution is -0.145. The number of hydrogen-bond acceptors (Lipinski definition) is 2. The number of amides is 1. The zero-order valence-electron chi connectivity index (χ0n) is 10.1. The van der Waals surface area contributed by atoms with Crippen LogP contribution in [0.25, 0.3) is 0 Å². The Kier molecular flexibility index (Phi) is 3.71. The molecule has 1 aliphatic rings. The maximum Gasteiger partial charge on any atom is 0.259 e. The fourth-order valence-electron chi connectivity index (χ4n) is 2.01. The average Bonchev–Trinajstić information content (AvgIpc) is 2.17. The molecule has 0 aliphatic carbocycles. The topological polar surface area (TPSA) is 23.6 Å². The third-order valence-corrected chi connectivity index (χ3v) is 3.11. The van der Waals surface area contributed by atoms with E-state index in [1.807, 2.05) is 0 Å². The summed E-state index contributed by atoms with van der Waals surface area (Å²) in [4.78, 5) is 15.2. The smallest absolute Gasteiger partial charge is 0.259 e. The van der Waals surface area contributed by atoms with Gasteiger partial charge >= 0.3 is 0 Å². The Bertz CT molecular complexity index is 233. The van der Waals surface area contributed by atoms with Crippen molar-refractivity contribution < 1.29 is 9.18 Å². The fourth-order valence-corrected chi connectivity index (χ4v) is 2.01. The minimum Gasteiger partial charge on any atom is -0.346 e. The van der Waals surface area contributed by atoms with Crippen molar-refractivity contribution in [1.82, 2.24) is 9.80 Å². The van der Waals surface area contributed by atoms with E-state index >= 15 is 0 Å². The number of carbonyl (C=O) groups excluding carboxylic acids is 1. The second-order valence-corrected chi connectivity index (χ2v) is 4.79. The molecule has 15 heavy (non-hydrogen) atoms. The monoisotopic (exact) mass is 216 g/mol. The quantitative estimate of drug-likeness (QED) is 0.694. The molecule has 1 rings (SSSR count). The van der Waals surface area contributed by atoms with Crippen LogP contribution in [0.15, 0.2) is 0 Å². The van der Waals surface area contributed by atoms with Crippen molar-refractivity contribution in [3.05, 3.63) is 0 Å². The van der Waals surface area contributed by atoms with E-state index < -0.39 is 5.67 Å². The number of likely N-dealkylation sites (tertiary alicyclic amines) is 1. The van der Waals surface area contributed by atoms with Gasteiger partial charge in [-0.3, -0.25) is 4.79 Å². The highest BCUT2D eigenvalue weighted by molar-refractivity contribution is 5.84. The molecule has 0 aromatic heterocycles. The standard InChI is InChI=1S/C11H21FN2O/c1-9(2)14-7-5-11(12,6-8-14)10(15)13(3)4/h9H,5-8H2,1-4H3. The van der Waals surface area contributed by atoms with E-state index in [0.29, 0.717) is 32.0 Å². The van der Waals surface area contributed by atoms with E-state index in [-0.39, 0.29) is 5.91 Å². The molecule has 88 valence electrons. The molecule has 3 nitrogen and oxygen atoms in total. The number of carbonyl (C=O) groups is 1. The van der Waals surface area contributed by atoms with Crippen molar-refractivity contribution >= 4 is 5.91 Å². The Morgan fingerprint density at radius 1 is 1.33 bits per heavy atom. The Hall–Kier alpha value is -0.640. The van der Waals surface area contributed by atoms with E-state index in [1.54, 1.807) is 14.1 Å². The summed E-state index contributed by atoms with van der Waals surface area (Å²) in [5.74, 6) is -0.383. The van der Waals surface area contributed by atoms with Gasteiger partial charge in [0.05, 0.1) is 0 Å². The van der Waals surface area contributed by atoms with Crippen molar-refractivity contribution in [2.45, 2.75) is 38.4 Å². The molecule has 4 heteroatoms. The van der Waals surface area contributed by atoms with Crippen LogP contribution in [0.4, 0.5) is 4.39 Å². The highest BCUT2D eigenvalue weighted by Crippen LogP contribution is 2.28. The maximum atomic E-state index is 14.2. The molecule has 0 bridgehead atoms. The summed E-state index contributed by atoms with van der Waals surface area (Å²) in [6.07, 6.45) is 0.643. The molecule has 1 amide bonds. The molecule has 0 saturated carbocycles. The molecule has 0 N–H and O–H groups in total. The van der Waals surface area contributed by atoms with Gasteiger partial charge in [0.25, 0.3) is 5.91 Å². The van der Waals surface area contributed by atoms with E-state index in [1.165, 1.54) is 4.90 Å². The molecular formula is C11H21FN2O. The largest absolute Gasteiger partial charge is 0.346 e. The summed E-state index contributed by atoms with van der Waals surface area (Å²) in [7, 11) is 3.22. The average molecular weight is 216 g/mol. The number of halogens is 1. The summed E-state index contributed by atoms with van der Waals surface area (Å²) in [6.45, 7) is 5.54. The van der Waals surface area contributed by atoms with Crippen molar-refractivity contribution in [2.24, 2.45) is 0 Å². The summed E-state index contributed by atoms with van der Waals surface area (Å²) in [5, 5.41) is 0. The first-order valence-electron chi connectivity index (χ1n) is 5.51. The first-order chi connectivity index (χ1) is 6.87. The first kappa shape index (κ1) is 12.4. The van der Waals surface area contributed by atoms with Gasteiger partial charge in [0, 0.05) is 46.1 Å². The lowest BCUT2D eigenvalue weighted by Crippen LogP contribution is -2.51. The van der Waals surface area contributed by atoms with Crippen LogP contribution >= 0.6 is 0 Å². The van der Waals surface area contributed by atoms with Crippen LogP contribution in [0.3, 0.4) is 0 Å². The van der Waals surface area contributed by atoms with Crippen molar-refractivity contribution in [1.29, 1.82) is 0 Å². The predicted molar refractivity (Wildman–Crippen MR) is 58.5 cm³/mol. The number of alkyl halides is 1. The number of hydrogen-bond donors (Lipinski definition) is 0. The summed E-state index contributed by atoms with van der Waals surface area (Å²) >= 11 is 0. The third-order valence-electron chi connectivity index (χ3n) is 3.11. The van der Waals surface area contributed by atoms with Crippen LogP contribution in [0.1, 0.15) is 26.7 Å². The van der Waals surface area contributed by atoms with Crippen LogP contribution in [-0.2, 0) is 4.79 Å². The molecular weight excluding hydrogens is 195 g/mol. The minimum atomic E-state index is -1.63. The van der Waals surface area contributed by atoms with Crippen molar-refractivity contribution in [3.63, 3.8) is 0 Å². The van der Waals surface area contributed by atoms with Gasteiger partial charge in [0.15, 0.2) is 5.67 Å². The van der Waals surface area contributed by atoms with Gasteiger partial charge in [0.1, 0.15) is 0 Å². The van der Waals surface area contributed by atoms with Gasteiger partial charge in [-0.25, -0.2) is 4.39 Å². The van der Waals surface area contributed by atoms with Gasteiger partial charge in [-0.2, -0.15) is 0 Å². The Balaban J connectivity index is 2.58. The first-order valence-corrected chi connectivity index (χ1v) is 5.51. The zero-order valence-corrected chi connectivity index (χ0v) is 10.1. The van der Waals surface area contributed by atoms with Gasteiger partial charge < -0.3 is 9.80 Å². The second-order valence-electron chi connectivity index (χ2n) is 4.79. The zero-order chi connectivity index (χ0) is 11.6. The van der Waals surface area contributed by atoms with E-state index in [9.17, 15) is 9.18 Å². The van der Waals surface area contributed by atoms with Crippen molar-refractivity contribution in [3.8, 4) is 0 Å². The predicted octanol–water partition coefficient (Wildman–Crippen LogP) is 1.29. The summed E-state index contributed by atoms with van der Waals surface area (Å²) in [5.41, 5.74) is -1.63. The molecule has 0 aromatic carbocycles. The third kappa shape index (κ3) is 2.68. The molecule has 1 heterocycles. The lowest BCUT2D eigenvalue weighted by Gasteiger charge is -2.38. The molecule has 0 spiro atoms. The Morgan fingerprint density at radius 2 is 1.80 bits per heavy atom. The van der Waals surface area contributed by atoms with Crippen LogP contribution in [0.2, 0.25) is 0 Å². The molecule has 0 atom stereocenters. The van der Waals surface area contributed by atoms with Crippen LogP contribution < -0.4 is 0 Å². The molecule has 0 unspecified atom stereocenters. The van der Waals surface area contributed by atoms with Gasteiger partial charge in [-0.1, -0.05) is 0 Å². The number of rotatable bonds is 2. The van der Waals surface area contributed by atoms with Gasteiger partial charge in [0.2, 0.25) is 0 Å². The second kappa shape index (κ2) is 4.47. The molecule has 1 fully saturated rings. The van der Waals surface area contributed by atoms with Crippen LogP contribution in [0.5, 0.6) is 0 Å². The van der Waals surface area contributed by atoms with E-state index in [2.05, 4.69) is 18.7 Å². The van der Waals surface area contributed by atoms with E-state index in [0.717, 1.165) is 0 Å². The summed E-state index contributed by atoms with van der Waals surface area (Å²) < 4.78 is 14.2. The molecule has 0 radical (unpaired) electrons. The van der Waals surface area contributed by atoms with Crippen LogP contribution in [-0.4, -0.2) is 54.6 Å². The van der Waals surface area contributed by atoms with Gasteiger partial charge in [-0.15, -0.1) is 0 Å². The minimum absolute atomic E-state index is 0.322. The van der Waals surface area contributed by atoms with E-state index in [4.69, 9.17) is 0 Å². The maximum absolute atomic E-state index is 14.2. The number of nitrogens with zero attached hydrogens (tertiary/aromatic N) is 2. The Morgan fingerprint density at radius 3 is 2.13 bits per heavy atom. The molecule has 1 aliphatic heterocycles. The Labute approximate surface area is 91.2 Å². The lowest BCUT2D eigenvalue weighted by atomic mass is 9.91. The van der Waals surface area contributed by atoms with Crippen LogP contribution in [0, 0.1) is 0 Å². The molecule has 1 saturated heterocycles. The normalized spacial score (nSPS) is 21.7. The molecule has 0 aromatic rings. The summed E-state index contributed by atoms with van der Waals surface area (Å²) in [6, 6.07) is 0.434. The SMILES string of the molecule is CC(C)N1CCC(F)(C(=O)N(C)C)CC1. The number of piperidine rings is 1.